The number of nitrogens with one attached hydrogen (secondary N) is 1. The number of amides is 1. The second-order valence-corrected chi connectivity index (χ2v) is 5.59. The van der Waals surface area contributed by atoms with Crippen molar-refractivity contribution in [2.24, 2.45) is 0 Å². The number of anilines is 1. The second kappa shape index (κ2) is 7.93. The summed E-state index contributed by atoms with van der Waals surface area (Å²) in [5.41, 5.74) is 2.58. The Labute approximate surface area is 140 Å². The van der Waals surface area contributed by atoms with E-state index in [1.54, 1.807) is 0 Å². The van der Waals surface area contributed by atoms with E-state index in [1.165, 1.54) is 29.8 Å². The van der Waals surface area contributed by atoms with E-state index in [2.05, 4.69) is 19.2 Å². The third-order valence-electron chi connectivity index (χ3n) is 3.45. The molecule has 0 unspecified atom stereocenters. The van der Waals surface area contributed by atoms with Gasteiger partial charge in [0.15, 0.2) is 6.61 Å². The first-order chi connectivity index (χ1) is 11.5. The molecule has 5 nitrogen and oxygen atoms in total. The molecule has 0 atom stereocenters. The first kappa shape index (κ1) is 17.2. The fraction of sp³-hybridized carbons (Fsp3) is 0.211. The molecule has 1 amide bonds. The van der Waals surface area contributed by atoms with Gasteiger partial charge in [0.25, 0.3) is 5.91 Å². The molecule has 0 aromatic heterocycles. The predicted molar refractivity (Wildman–Crippen MR) is 90.6 cm³/mol. The zero-order chi connectivity index (χ0) is 17.5. The molecule has 122 valence electrons. The van der Waals surface area contributed by atoms with Gasteiger partial charge in [0.1, 0.15) is 0 Å². The predicted octanol–water partition coefficient (Wildman–Crippen LogP) is 3.48. The van der Waals surface area contributed by atoms with Crippen LogP contribution in [0, 0.1) is 11.3 Å². The normalized spacial score (nSPS) is 10.1. The van der Waals surface area contributed by atoms with Crippen molar-refractivity contribution in [1.82, 2.24) is 0 Å². The molecule has 0 radical (unpaired) electrons. The minimum atomic E-state index is -0.607. The topological polar surface area (TPSA) is 79.2 Å². The Hall–Kier alpha value is -3.13. The molecule has 0 aliphatic heterocycles. The highest BCUT2D eigenvalue weighted by Crippen LogP contribution is 2.17. The molecule has 0 heterocycles. The van der Waals surface area contributed by atoms with Crippen LogP contribution in [0.4, 0.5) is 5.69 Å². The fourth-order valence-corrected chi connectivity index (χ4v) is 2.04. The molecular weight excluding hydrogens is 304 g/mol. The van der Waals surface area contributed by atoms with Crippen LogP contribution in [0.1, 0.15) is 41.3 Å². The third kappa shape index (κ3) is 4.68. The summed E-state index contributed by atoms with van der Waals surface area (Å²) in [4.78, 5) is 23.7. The number of nitrogens with zero attached hydrogens (tertiary/aromatic N) is 1. The molecule has 1 N–H and O–H groups in total. The van der Waals surface area contributed by atoms with Crippen LogP contribution >= 0.6 is 0 Å². The number of nitriles is 1. The molecular formula is C19H18N2O3. The van der Waals surface area contributed by atoms with Crippen LogP contribution < -0.4 is 5.32 Å². The number of carbonyl (C=O) groups is 2. The molecule has 0 spiro atoms. The van der Waals surface area contributed by atoms with Crippen molar-refractivity contribution in [2.45, 2.75) is 19.8 Å². The summed E-state index contributed by atoms with van der Waals surface area (Å²) >= 11 is 0. The molecule has 0 aliphatic carbocycles. The number of carbonyl (C=O) groups excluding carboxylic acids is 2. The van der Waals surface area contributed by atoms with Crippen LogP contribution in [0.2, 0.25) is 0 Å². The summed E-state index contributed by atoms with van der Waals surface area (Å²) in [5, 5.41) is 11.4. The average molecular weight is 322 g/mol. The monoisotopic (exact) mass is 322 g/mol. The highest BCUT2D eigenvalue weighted by Gasteiger charge is 2.10. The lowest BCUT2D eigenvalue weighted by Gasteiger charge is -2.09. The van der Waals surface area contributed by atoms with E-state index in [0.29, 0.717) is 22.7 Å². The van der Waals surface area contributed by atoms with Crippen LogP contribution in [0.15, 0.2) is 48.5 Å². The Kier molecular flexibility index (Phi) is 5.69. The van der Waals surface area contributed by atoms with E-state index in [0.717, 1.165) is 0 Å². The van der Waals surface area contributed by atoms with Gasteiger partial charge >= 0.3 is 5.97 Å². The van der Waals surface area contributed by atoms with Gasteiger partial charge in [0.05, 0.1) is 17.2 Å². The van der Waals surface area contributed by atoms with E-state index in [9.17, 15) is 9.59 Å². The quantitative estimate of drug-likeness (QED) is 0.855. The van der Waals surface area contributed by atoms with Gasteiger partial charge in [-0.25, -0.2) is 4.79 Å². The van der Waals surface area contributed by atoms with Crippen LogP contribution in [-0.4, -0.2) is 18.5 Å². The first-order valence-electron chi connectivity index (χ1n) is 7.56. The van der Waals surface area contributed by atoms with Crippen molar-refractivity contribution >= 4 is 17.6 Å². The number of esters is 1. The minimum absolute atomic E-state index is 0.295. The highest BCUT2D eigenvalue weighted by atomic mass is 16.5. The summed E-state index contributed by atoms with van der Waals surface area (Å²) < 4.78 is 4.96. The van der Waals surface area contributed by atoms with E-state index in [4.69, 9.17) is 10.00 Å². The van der Waals surface area contributed by atoms with Gasteiger partial charge in [0.2, 0.25) is 0 Å². The van der Waals surface area contributed by atoms with Crippen LogP contribution in [0.25, 0.3) is 0 Å². The fourth-order valence-electron chi connectivity index (χ4n) is 2.04. The van der Waals surface area contributed by atoms with Crippen molar-refractivity contribution in [3.63, 3.8) is 0 Å². The molecule has 24 heavy (non-hydrogen) atoms. The zero-order valence-electron chi connectivity index (χ0n) is 13.6. The number of ether oxygens (including phenoxy) is 1. The van der Waals surface area contributed by atoms with Gasteiger partial charge < -0.3 is 10.1 Å². The van der Waals surface area contributed by atoms with Gasteiger partial charge in [-0.05, 0) is 47.9 Å². The van der Waals surface area contributed by atoms with Gasteiger partial charge in [-0.3, -0.25) is 4.79 Å². The molecule has 2 aromatic rings. The summed E-state index contributed by atoms with van der Waals surface area (Å²) in [5.74, 6) is -0.595. The molecule has 0 bridgehead atoms. The number of hydrogen-bond acceptors (Lipinski definition) is 4. The molecule has 2 aromatic carbocycles. The van der Waals surface area contributed by atoms with Crippen molar-refractivity contribution in [3.05, 3.63) is 65.2 Å². The van der Waals surface area contributed by atoms with Gasteiger partial charge in [0, 0.05) is 5.69 Å². The van der Waals surface area contributed by atoms with Crippen molar-refractivity contribution in [2.75, 3.05) is 11.9 Å². The number of rotatable bonds is 5. The van der Waals surface area contributed by atoms with Crippen LogP contribution in [-0.2, 0) is 9.53 Å². The molecule has 0 saturated heterocycles. The van der Waals surface area contributed by atoms with Crippen LogP contribution in [0.3, 0.4) is 0 Å². The Bertz CT molecular complexity index is 757. The van der Waals surface area contributed by atoms with Crippen molar-refractivity contribution in [1.29, 1.82) is 5.26 Å². The smallest absolute Gasteiger partial charge is 0.338 e. The molecule has 5 heteroatoms. The lowest BCUT2D eigenvalue weighted by atomic mass is 10.0. The maximum absolute atomic E-state index is 11.8. The minimum Gasteiger partial charge on any atom is -0.452 e. The van der Waals surface area contributed by atoms with Gasteiger partial charge in [-0.1, -0.05) is 26.0 Å². The van der Waals surface area contributed by atoms with Crippen molar-refractivity contribution < 1.29 is 14.3 Å². The standard InChI is InChI=1S/C19H18N2O3/c1-13(2)15-7-9-17(10-8-15)21-18(22)12-24-19(23)16-5-3-14(11-20)4-6-16/h3-10,13H,12H2,1-2H3,(H,21,22). The van der Waals surface area contributed by atoms with Gasteiger partial charge in [-0.15, -0.1) is 0 Å². The maximum Gasteiger partial charge on any atom is 0.338 e. The maximum atomic E-state index is 11.8. The summed E-state index contributed by atoms with van der Waals surface area (Å²) in [6.07, 6.45) is 0. The third-order valence-corrected chi connectivity index (χ3v) is 3.45. The number of hydrogen-bond donors (Lipinski definition) is 1. The highest BCUT2D eigenvalue weighted by molar-refractivity contribution is 5.95. The summed E-state index contributed by atoms with van der Waals surface area (Å²) in [7, 11) is 0. The summed E-state index contributed by atoms with van der Waals surface area (Å²) in [6.45, 7) is 3.82. The molecule has 0 saturated carbocycles. The largest absolute Gasteiger partial charge is 0.452 e. The Morgan fingerprint density at radius 1 is 1.08 bits per heavy atom. The number of benzene rings is 2. The van der Waals surface area contributed by atoms with E-state index in [-0.39, 0.29) is 6.61 Å². The van der Waals surface area contributed by atoms with E-state index >= 15 is 0 Å². The molecule has 0 aliphatic rings. The summed E-state index contributed by atoms with van der Waals surface area (Å²) in [6, 6.07) is 15.5. The zero-order valence-corrected chi connectivity index (χ0v) is 13.6. The lowest BCUT2D eigenvalue weighted by molar-refractivity contribution is -0.119. The van der Waals surface area contributed by atoms with Crippen molar-refractivity contribution in [3.8, 4) is 6.07 Å². The Morgan fingerprint density at radius 3 is 2.25 bits per heavy atom. The van der Waals surface area contributed by atoms with Crippen LogP contribution in [0.5, 0.6) is 0 Å². The Morgan fingerprint density at radius 2 is 1.71 bits per heavy atom. The molecule has 2 rings (SSSR count). The van der Waals surface area contributed by atoms with Gasteiger partial charge in [-0.2, -0.15) is 5.26 Å². The van der Waals surface area contributed by atoms with E-state index < -0.39 is 11.9 Å². The van der Waals surface area contributed by atoms with E-state index in [1.807, 2.05) is 30.3 Å². The first-order valence-corrected chi connectivity index (χ1v) is 7.56. The second-order valence-electron chi connectivity index (χ2n) is 5.59. The average Bonchev–Trinajstić information content (AvgIpc) is 2.60. The Balaban J connectivity index is 1.86. The lowest BCUT2D eigenvalue weighted by Crippen LogP contribution is -2.20. The SMILES string of the molecule is CC(C)c1ccc(NC(=O)COC(=O)c2ccc(C#N)cc2)cc1. The molecule has 0 fully saturated rings.